The van der Waals surface area contributed by atoms with Crippen molar-refractivity contribution < 1.29 is 14.3 Å². The first-order valence-corrected chi connectivity index (χ1v) is 5.78. The van der Waals surface area contributed by atoms with E-state index >= 15 is 0 Å². The molecule has 0 radical (unpaired) electrons. The maximum Gasteiger partial charge on any atom is 0.306 e. The Balaban J connectivity index is 4.00. The molecule has 0 amide bonds. The van der Waals surface area contributed by atoms with E-state index in [1.165, 1.54) is 0 Å². The van der Waals surface area contributed by atoms with E-state index in [1.54, 1.807) is 7.11 Å². The molecule has 0 aliphatic heterocycles. The quantitative estimate of drug-likeness (QED) is 0.462. The van der Waals surface area contributed by atoms with Crippen molar-refractivity contribution in [2.24, 2.45) is 5.41 Å². The van der Waals surface area contributed by atoms with E-state index in [1.807, 2.05) is 0 Å². The number of rotatable bonds is 8. The zero-order valence-electron chi connectivity index (χ0n) is 10.5. The topological polar surface area (TPSA) is 35.5 Å². The third-order valence-electron chi connectivity index (χ3n) is 3.32. The average Bonchev–Trinajstić information content (AvgIpc) is 2.26. The summed E-state index contributed by atoms with van der Waals surface area (Å²) in [5.41, 5.74) is 0.129. The van der Waals surface area contributed by atoms with Crippen molar-refractivity contribution in [1.29, 1.82) is 0 Å². The Morgan fingerprint density at radius 1 is 1.07 bits per heavy atom. The van der Waals surface area contributed by atoms with Crippen molar-refractivity contribution in [3.05, 3.63) is 0 Å². The van der Waals surface area contributed by atoms with Gasteiger partial charge in [0.15, 0.2) is 0 Å². The molecule has 0 bridgehead atoms. The number of methoxy groups -OCH3 is 1. The normalized spacial score (nSPS) is 11.5. The highest BCUT2D eigenvalue weighted by molar-refractivity contribution is 5.70. The molecule has 0 spiro atoms. The maximum absolute atomic E-state index is 11.5. The molecule has 0 aromatic heterocycles. The molecule has 0 unspecified atom stereocenters. The molecule has 0 saturated heterocycles. The number of hydrogen-bond acceptors (Lipinski definition) is 3. The highest BCUT2D eigenvalue weighted by Gasteiger charge is 2.27. The molecule has 0 aromatic rings. The molecule has 0 rings (SSSR count). The van der Waals surface area contributed by atoms with Crippen LogP contribution in [0.25, 0.3) is 0 Å². The third-order valence-corrected chi connectivity index (χ3v) is 3.32. The van der Waals surface area contributed by atoms with Crippen LogP contribution in [0.15, 0.2) is 0 Å². The molecule has 0 atom stereocenters. The van der Waals surface area contributed by atoms with Gasteiger partial charge in [-0.2, -0.15) is 0 Å². The van der Waals surface area contributed by atoms with Crippen molar-refractivity contribution in [3.63, 3.8) is 0 Å². The number of hydrogen-bond donors (Lipinski definition) is 0. The summed E-state index contributed by atoms with van der Waals surface area (Å²) in [6.07, 6.45) is 3.61. The van der Waals surface area contributed by atoms with Crippen molar-refractivity contribution in [3.8, 4) is 0 Å². The second-order valence-corrected chi connectivity index (χ2v) is 3.95. The molecule has 0 aliphatic carbocycles. The Morgan fingerprint density at radius 3 is 2.00 bits per heavy atom. The molecule has 15 heavy (non-hydrogen) atoms. The largest absolute Gasteiger partial charge is 0.463 e. The Morgan fingerprint density at radius 2 is 1.60 bits per heavy atom. The molecule has 3 nitrogen and oxygen atoms in total. The van der Waals surface area contributed by atoms with Crippen LogP contribution in [-0.4, -0.2) is 26.3 Å². The van der Waals surface area contributed by atoms with Crippen LogP contribution in [0.2, 0.25) is 0 Å². The molecule has 0 aromatic carbocycles. The van der Waals surface area contributed by atoms with E-state index in [9.17, 15) is 4.79 Å². The smallest absolute Gasteiger partial charge is 0.306 e. The molecule has 3 heteroatoms. The van der Waals surface area contributed by atoms with Crippen LogP contribution in [0.3, 0.4) is 0 Å². The van der Waals surface area contributed by atoms with Crippen molar-refractivity contribution >= 4 is 5.97 Å². The summed E-state index contributed by atoms with van der Waals surface area (Å²) in [5, 5.41) is 0. The monoisotopic (exact) mass is 216 g/mol. The summed E-state index contributed by atoms with van der Waals surface area (Å²) in [7, 11) is 1.60. The van der Waals surface area contributed by atoms with E-state index in [0.29, 0.717) is 19.6 Å². The second-order valence-electron chi connectivity index (χ2n) is 3.95. The minimum absolute atomic E-state index is 0.0994. The SMILES string of the molecule is CCC(CC)(CC)CC(=O)OCCOC. The first kappa shape index (κ1) is 14.4. The Kier molecular flexibility index (Phi) is 7.39. The molecular formula is C12H24O3. The molecule has 0 fully saturated rings. The predicted molar refractivity (Wildman–Crippen MR) is 60.8 cm³/mol. The highest BCUT2D eigenvalue weighted by atomic mass is 16.6. The lowest BCUT2D eigenvalue weighted by molar-refractivity contribution is -0.148. The first-order chi connectivity index (χ1) is 7.14. The van der Waals surface area contributed by atoms with E-state index in [4.69, 9.17) is 9.47 Å². The van der Waals surface area contributed by atoms with Gasteiger partial charge in [0.05, 0.1) is 13.0 Å². The van der Waals surface area contributed by atoms with Crippen LogP contribution >= 0.6 is 0 Å². The van der Waals surface area contributed by atoms with Gasteiger partial charge in [0.25, 0.3) is 0 Å². The Hall–Kier alpha value is -0.570. The summed E-state index contributed by atoms with van der Waals surface area (Å²) >= 11 is 0. The van der Waals surface area contributed by atoms with Crippen LogP contribution in [0, 0.1) is 5.41 Å². The van der Waals surface area contributed by atoms with Crippen molar-refractivity contribution in [2.75, 3.05) is 20.3 Å². The standard InChI is InChI=1S/C12H24O3/c1-5-12(6-2,7-3)10-11(13)15-9-8-14-4/h5-10H2,1-4H3. The summed E-state index contributed by atoms with van der Waals surface area (Å²) in [6.45, 7) is 7.24. The highest BCUT2D eigenvalue weighted by Crippen LogP contribution is 2.34. The summed E-state index contributed by atoms with van der Waals surface area (Å²) in [4.78, 5) is 11.5. The van der Waals surface area contributed by atoms with Gasteiger partial charge in [0.2, 0.25) is 0 Å². The minimum Gasteiger partial charge on any atom is -0.463 e. The van der Waals surface area contributed by atoms with Gasteiger partial charge in [-0.25, -0.2) is 0 Å². The van der Waals surface area contributed by atoms with Crippen molar-refractivity contribution in [2.45, 2.75) is 46.5 Å². The Labute approximate surface area is 93.1 Å². The van der Waals surface area contributed by atoms with Crippen molar-refractivity contribution in [1.82, 2.24) is 0 Å². The number of esters is 1. The van der Waals surface area contributed by atoms with Gasteiger partial charge in [-0.05, 0) is 24.7 Å². The molecular weight excluding hydrogens is 192 g/mol. The van der Waals surface area contributed by atoms with Gasteiger partial charge in [-0.15, -0.1) is 0 Å². The number of carbonyl (C=O) groups is 1. The lowest BCUT2D eigenvalue weighted by Gasteiger charge is -2.29. The van der Waals surface area contributed by atoms with E-state index in [0.717, 1.165) is 19.3 Å². The summed E-state index contributed by atoms with van der Waals surface area (Å²) in [5.74, 6) is -0.0994. The summed E-state index contributed by atoms with van der Waals surface area (Å²) in [6, 6.07) is 0. The molecule has 90 valence electrons. The average molecular weight is 216 g/mol. The molecule has 0 aliphatic rings. The van der Waals surface area contributed by atoms with Crippen LogP contribution in [-0.2, 0) is 14.3 Å². The van der Waals surface area contributed by atoms with Crippen LogP contribution < -0.4 is 0 Å². The van der Waals surface area contributed by atoms with Gasteiger partial charge in [0.1, 0.15) is 6.61 Å². The second kappa shape index (κ2) is 7.69. The fraction of sp³-hybridized carbons (Fsp3) is 0.917. The zero-order valence-corrected chi connectivity index (χ0v) is 10.5. The molecule has 0 saturated carbocycles. The summed E-state index contributed by atoms with van der Waals surface area (Å²) < 4.78 is 9.90. The Bertz CT molecular complexity index is 165. The zero-order chi connectivity index (χ0) is 11.7. The van der Waals surface area contributed by atoms with E-state index in [2.05, 4.69) is 20.8 Å². The lowest BCUT2D eigenvalue weighted by atomic mass is 9.77. The van der Waals surface area contributed by atoms with E-state index in [-0.39, 0.29) is 11.4 Å². The van der Waals surface area contributed by atoms with Gasteiger partial charge in [-0.1, -0.05) is 20.8 Å². The van der Waals surface area contributed by atoms with E-state index < -0.39 is 0 Å². The fourth-order valence-corrected chi connectivity index (χ4v) is 1.72. The number of ether oxygens (including phenoxy) is 2. The van der Waals surface area contributed by atoms with Gasteiger partial charge >= 0.3 is 5.97 Å². The van der Waals surface area contributed by atoms with Crippen LogP contribution in [0.1, 0.15) is 46.5 Å². The van der Waals surface area contributed by atoms with Crippen LogP contribution in [0.4, 0.5) is 0 Å². The maximum atomic E-state index is 11.5. The third kappa shape index (κ3) is 5.17. The molecule has 0 N–H and O–H groups in total. The lowest BCUT2D eigenvalue weighted by Crippen LogP contribution is -2.24. The first-order valence-electron chi connectivity index (χ1n) is 5.78. The van der Waals surface area contributed by atoms with Gasteiger partial charge in [0, 0.05) is 7.11 Å². The number of carbonyl (C=O) groups excluding carboxylic acids is 1. The molecule has 0 heterocycles. The van der Waals surface area contributed by atoms with Gasteiger partial charge < -0.3 is 9.47 Å². The van der Waals surface area contributed by atoms with Gasteiger partial charge in [-0.3, -0.25) is 4.79 Å². The fourth-order valence-electron chi connectivity index (χ4n) is 1.72. The predicted octanol–water partition coefficient (Wildman–Crippen LogP) is 2.78. The van der Waals surface area contributed by atoms with Crippen LogP contribution in [0.5, 0.6) is 0 Å². The minimum atomic E-state index is -0.0994.